The number of carbonyl (C=O) groups excluding carboxylic acids is 1. The first kappa shape index (κ1) is 17.8. The maximum Gasteiger partial charge on any atom is 0.406 e. The highest BCUT2D eigenvalue weighted by Gasteiger charge is 2.32. The van der Waals surface area contributed by atoms with Gasteiger partial charge in [-0.1, -0.05) is 12.1 Å². The number of nitrogens with zero attached hydrogens (tertiary/aromatic N) is 1. The van der Waals surface area contributed by atoms with Gasteiger partial charge in [0.2, 0.25) is 5.91 Å². The van der Waals surface area contributed by atoms with Crippen molar-refractivity contribution < 1.29 is 27.5 Å². The first-order valence-electron chi connectivity index (χ1n) is 6.09. The molecule has 21 heavy (non-hydrogen) atoms. The van der Waals surface area contributed by atoms with Crippen molar-refractivity contribution in [1.29, 1.82) is 0 Å². The van der Waals surface area contributed by atoms with Crippen molar-refractivity contribution >= 4 is 17.7 Å². The van der Waals surface area contributed by atoms with Crippen molar-refractivity contribution in [3.8, 4) is 0 Å². The molecule has 3 nitrogen and oxygen atoms in total. The zero-order valence-electron chi connectivity index (χ0n) is 11.1. The lowest BCUT2D eigenvalue weighted by atomic mass is 10.2. The van der Waals surface area contributed by atoms with Crippen LogP contribution in [0.15, 0.2) is 24.3 Å². The van der Waals surface area contributed by atoms with E-state index in [-0.39, 0.29) is 18.1 Å². The first-order chi connectivity index (χ1) is 9.81. The smallest absolute Gasteiger partial charge is 0.395 e. The zero-order chi connectivity index (χ0) is 15.9. The molecule has 0 aliphatic rings. The van der Waals surface area contributed by atoms with E-state index in [1.165, 1.54) is 12.1 Å². The van der Waals surface area contributed by atoms with E-state index in [2.05, 4.69) is 0 Å². The lowest BCUT2D eigenvalue weighted by Gasteiger charge is -2.22. The number of hydrogen-bond acceptors (Lipinski definition) is 3. The number of hydrogen-bond donors (Lipinski definition) is 1. The zero-order valence-corrected chi connectivity index (χ0v) is 11.9. The van der Waals surface area contributed by atoms with Gasteiger partial charge in [-0.2, -0.15) is 13.2 Å². The van der Waals surface area contributed by atoms with Crippen molar-refractivity contribution in [2.45, 2.75) is 11.9 Å². The molecule has 0 bridgehead atoms. The monoisotopic (exact) mass is 325 g/mol. The molecule has 8 heteroatoms. The molecule has 0 fully saturated rings. The highest BCUT2D eigenvalue weighted by Crippen LogP contribution is 2.18. The molecule has 1 aromatic rings. The number of benzene rings is 1. The van der Waals surface area contributed by atoms with Crippen LogP contribution < -0.4 is 0 Å². The van der Waals surface area contributed by atoms with E-state index < -0.39 is 25.2 Å². The molecule has 1 N–H and O–H groups in total. The number of amides is 1. The molecule has 0 radical (unpaired) electrons. The molecule has 0 saturated heterocycles. The minimum atomic E-state index is -4.49. The molecule has 0 atom stereocenters. The normalized spacial score (nSPS) is 11.5. The fraction of sp³-hybridized carbons (Fsp3) is 0.462. The van der Waals surface area contributed by atoms with Crippen LogP contribution in [0, 0.1) is 5.82 Å². The van der Waals surface area contributed by atoms with Gasteiger partial charge >= 0.3 is 6.18 Å². The topological polar surface area (TPSA) is 40.5 Å². The Hall–Kier alpha value is -1.28. The van der Waals surface area contributed by atoms with Crippen LogP contribution in [-0.2, 0) is 10.5 Å². The third-order valence-corrected chi connectivity index (χ3v) is 3.49. The molecule has 0 aromatic heterocycles. The second-order valence-electron chi connectivity index (χ2n) is 4.27. The molecule has 0 saturated carbocycles. The predicted molar refractivity (Wildman–Crippen MR) is 72.3 cm³/mol. The highest BCUT2D eigenvalue weighted by atomic mass is 32.2. The van der Waals surface area contributed by atoms with Gasteiger partial charge in [0, 0.05) is 12.3 Å². The van der Waals surface area contributed by atoms with E-state index in [1.54, 1.807) is 12.1 Å². The van der Waals surface area contributed by atoms with Gasteiger partial charge < -0.3 is 10.0 Å². The van der Waals surface area contributed by atoms with Gasteiger partial charge in [-0.15, -0.1) is 11.8 Å². The number of aliphatic hydroxyl groups excluding tert-OH is 1. The minimum absolute atomic E-state index is 0.131. The number of halogens is 4. The summed E-state index contributed by atoms with van der Waals surface area (Å²) in [6, 6.07) is 5.65. The van der Waals surface area contributed by atoms with Gasteiger partial charge in [0.25, 0.3) is 0 Å². The van der Waals surface area contributed by atoms with Crippen LogP contribution in [0.1, 0.15) is 5.56 Å². The van der Waals surface area contributed by atoms with Crippen LogP contribution in [0.25, 0.3) is 0 Å². The van der Waals surface area contributed by atoms with E-state index in [9.17, 15) is 22.4 Å². The average molecular weight is 325 g/mol. The quantitative estimate of drug-likeness (QED) is 0.783. The Morgan fingerprint density at radius 1 is 1.24 bits per heavy atom. The fourth-order valence-corrected chi connectivity index (χ4v) is 2.44. The molecule has 1 aromatic carbocycles. The third kappa shape index (κ3) is 7.33. The predicted octanol–water partition coefficient (Wildman–Crippen LogP) is 2.44. The number of aliphatic hydroxyl groups is 1. The van der Waals surface area contributed by atoms with Crippen LogP contribution in [0.4, 0.5) is 17.6 Å². The summed E-state index contributed by atoms with van der Waals surface area (Å²) in [4.78, 5) is 12.3. The van der Waals surface area contributed by atoms with E-state index in [0.29, 0.717) is 10.7 Å². The molecule has 0 spiro atoms. The van der Waals surface area contributed by atoms with Crippen LogP contribution in [0.5, 0.6) is 0 Å². The lowest BCUT2D eigenvalue weighted by molar-refractivity contribution is -0.160. The molecule has 1 amide bonds. The van der Waals surface area contributed by atoms with E-state index >= 15 is 0 Å². The van der Waals surface area contributed by atoms with Gasteiger partial charge in [-0.05, 0) is 17.7 Å². The first-order valence-corrected chi connectivity index (χ1v) is 7.25. The largest absolute Gasteiger partial charge is 0.406 e. The maximum atomic E-state index is 12.7. The van der Waals surface area contributed by atoms with Gasteiger partial charge in [0.1, 0.15) is 12.4 Å². The molecular weight excluding hydrogens is 310 g/mol. The summed E-state index contributed by atoms with van der Waals surface area (Å²) in [5.41, 5.74) is 0.777. The van der Waals surface area contributed by atoms with Crippen LogP contribution in [0.3, 0.4) is 0 Å². The summed E-state index contributed by atoms with van der Waals surface area (Å²) in [7, 11) is 0. The summed E-state index contributed by atoms with van der Waals surface area (Å²) < 4.78 is 49.6. The van der Waals surface area contributed by atoms with E-state index in [4.69, 9.17) is 5.11 Å². The molecule has 0 heterocycles. The molecule has 0 aliphatic heterocycles. The average Bonchev–Trinajstić information content (AvgIpc) is 2.39. The Bertz CT molecular complexity index is 450. The molecular formula is C13H15F4NO2S. The van der Waals surface area contributed by atoms with Crippen molar-refractivity contribution in [2.24, 2.45) is 0 Å². The van der Waals surface area contributed by atoms with Gasteiger partial charge in [-0.3, -0.25) is 4.79 Å². The van der Waals surface area contributed by atoms with Crippen molar-refractivity contribution in [1.82, 2.24) is 4.90 Å². The Balaban J connectivity index is 2.44. The Labute approximate surface area is 123 Å². The Morgan fingerprint density at radius 3 is 2.38 bits per heavy atom. The van der Waals surface area contributed by atoms with Gasteiger partial charge in [-0.25, -0.2) is 4.39 Å². The molecule has 1 rings (SSSR count). The third-order valence-electron chi connectivity index (χ3n) is 2.50. The summed E-state index contributed by atoms with van der Waals surface area (Å²) in [5.74, 6) is -0.800. The summed E-state index contributed by atoms with van der Waals surface area (Å²) >= 11 is 1.14. The second-order valence-corrected chi connectivity index (χ2v) is 5.26. The Morgan fingerprint density at radius 2 is 1.86 bits per heavy atom. The van der Waals surface area contributed by atoms with Crippen LogP contribution >= 0.6 is 11.8 Å². The van der Waals surface area contributed by atoms with E-state index in [1.807, 2.05) is 0 Å². The standard InChI is InChI=1S/C13H15F4NO2S/c14-11-3-1-10(2-4-11)7-21-8-12(20)18(5-6-19)9-13(15,16)17/h1-4,19H,5-9H2. The van der Waals surface area contributed by atoms with Gasteiger partial charge in [0.05, 0.1) is 12.4 Å². The number of thioether (sulfide) groups is 1. The molecule has 0 aliphatic carbocycles. The summed E-state index contributed by atoms with van der Waals surface area (Å²) in [5, 5.41) is 8.71. The minimum Gasteiger partial charge on any atom is -0.395 e. The molecule has 0 unspecified atom stereocenters. The molecule has 118 valence electrons. The lowest BCUT2D eigenvalue weighted by Crippen LogP contribution is -2.41. The SMILES string of the molecule is O=C(CSCc1ccc(F)cc1)N(CCO)CC(F)(F)F. The highest BCUT2D eigenvalue weighted by molar-refractivity contribution is 7.99. The van der Waals surface area contributed by atoms with Crippen LogP contribution in [-0.4, -0.2) is 47.5 Å². The number of rotatable bonds is 7. The maximum absolute atomic E-state index is 12.7. The number of alkyl halides is 3. The summed E-state index contributed by atoms with van der Waals surface area (Å²) in [6.07, 6.45) is -4.49. The Kier molecular flexibility index (Phi) is 6.97. The van der Waals surface area contributed by atoms with Crippen LogP contribution in [0.2, 0.25) is 0 Å². The van der Waals surface area contributed by atoms with Crippen molar-refractivity contribution in [2.75, 3.05) is 25.4 Å². The summed E-state index contributed by atoms with van der Waals surface area (Å²) in [6.45, 7) is -2.25. The fourth-order valence-electron chi connectivity index (χ4n) is 1.56. The van der Waals surface area contributed by atoms with E-state index in [0.717, 1.165) is 17.3 Å². The van der Waals surface area contributed by atoms with Crippen molar-refractivity contribution in [3.63, 3.8) is 0 Å². The number of carbonyl (C=O) groups is 1. The van der Waals surface area contributed by atoms with Crippen molar-refractivity contribution in [3.05, 3.63) is 35.6 Å². The second kappa shape index (κ2) is 8.23. The van der Waals surface area contributed by atoms with Gasteiger partial charge in [0.15, 0.2) is 0 Å².